The summed E-state index contributed by atoms with van der Waals surface area (Å²) in [5, 5.41) is 0.475. The summed E-state index contributed by atoms with van der Waals surface area (Å²) in [6.45, 7) is 2.39. The van der Waals surface area contributed by atoms with Gasteiger partial charge in [-0.1, -0.05) is 35.9 Å². The van der Waals surface area contributed by atoms with E-state index in [0.29, 0.717) is 22.8 Å². The number of anilines is 1. The van der Waals surface area contributed by atoms with Gasteiger partial charge in [0.25, 0.3) is 5.91 Å². The van der Waals surface area contributed by atoms with Crippen LogP contribution in [0.25, 0.3) is 0 Å². The highest BCUT2D eigenvalue weighted by molar-refractivity contribution is 6.33. The zero-order chi connectivity index (χ0) is 14.7. The van der Waals surface area contributed by atoms with Crippen molar-refractivity contribution in [2.45, 2.75) is 13.5 Å². The number of para-hydroxylation sites is 1. The van der Waals surface area contributed by atoms with E-state index in [0.717, 1.165) is 11.1 Å². The minimum Gasteiger partial charge on any atom is -0.398 e. The predicted octanol–water partition coefficient (Wildman–Crippen LogP) is 3.50. The molecule has 0 aliphatic carbocycles. The monoisotopic (exact) mass is 288 g/mol. The van der Waals surface area contributed by atoms with Crippen molar-refractivity contribution in [2.75, 3.05) is 12.8 Å². The van der Waals surface area contributed by atoms with Crippen LogP contribution in [-0.2, 0) is 6.54 Å². The van der Waals surface area contributed by atoms with Crippen LogP contribution in [0.15, 0.2) is 42.5 Å². The number of nitrogens with zero attached hydrogens (tertiary/aromatic N) is 1. The second kappa shape index (κ2) is 5.97. The lowest BCUT2D eigenvalue weighted by Gasteiger charge is -2.19. The lowest BCUT2D eigenvalue weighted by Crippen LogP contribution is -2.26. The summed E-state index contributed by atoms with van der Waals surface area (Å²) in [6.07, 6.45) is 0. The number of halogens is 1. The number of nitrogen functional groups attached to an aromatic ring is 1. The van der Waals surface area contributed by atoms with Crippen molar-refractivity contribution < 1.29 is 4.79 Å². The van der Waals surface area contributed by atoms with Gasteiger partial charge in [0.05, 0.1) is 10.6 Å². The van der Waals surface area contributed by atoms with Crippen LogP contribution in [0, 0.1) is 6.92 Å². The molecule has 1 amide bonds. The lowest BCUT2D eigenvalue weighted by atomic mass is 10.1. The quantitative estimate of drug-likeness (QED) is 0.879. The molecule has 3 nitrogen and oxygen atoms in total. The second-order valence-electron chi connectivity index (χ2n) is 4.84. The zero-order valence-corrected chi connectivity index (χ0v) is 12.3. The van der Waals surface area contributed by atoms with Crippen molar-refractivity contribution in [3.63, 3.8) is 0 Å². The molecule has 0 unspecified atom stereocenters. The highest BCUT2D eigenvalue weighted by atomic mass is 35.5. The molecular weight excluding hydrogens is 272 g/mol. The molecule has 0 aromatic heterocycles. The highest BCUT2D eigenvalue weighted by Gasteiger charge is 2.16. The summed E-state index contributed by atoms with van der Waals surface area (Å²) in [5.74, 6) is -0.113. The Balaban J connectivity index is 2.19. The van der Waals surface area contributed by atoms with Gasteiger partial charge < -0.3 is 10.6 Å². The SMILES string of the molecule is Cc1ccc(C(=O)N(C)Cc2ccccc2N)c(Cl)c1. The lowest BCUT2D eigenvalue weighted by molar-refractivity contribution is 0.0785. The maximum atomic E-state index is 12.4. The van der Waals surface area contributed by atoms with Gasteiger partial charge in [-0.05, 0) is 36.2 Å². The molecule has 4 heteroatoms. The molecule has 0 bridgehead atoms. The van der Waals surface area contributed by atoms with E-state index < -0.39 is 0 Å². The van der Waals surface area contributed by atoms with Crippen LogP contribution >= 0.6 is 11.6 Å². The Morgan fingerprint density at radius 1 is 1.25 bits per heavy atom. The molecule has 0 spiro atoms. The first kappa shape index (κ1) is 14.4. The Morgan fingerprint density at radius 2 is 1.95 bits per heavy atom. The van der Waals surface area contributed by atoms with Crippen LogP contribution in [0.2, 0.25) is 5.02 Å². The first-order valence-corrected chi connectivity index (χ1v) is 6.72. The Labute approximate surface area is 124 Å². The smallest absolute Gasteiger partial charge is 0.255 e. The minimum absolute atomic E-state index is 0.113. The number of carbonyl (C=O) groups excluding carboxylic acids is 1. The van der Waals surface area contributed by atoms with Crippen LogP contribution in [0.5, 0.6) is 0 Å². The van der Waals surface area contributed by atoms with Gasteiger partial charge in [-0.15, -0.1) is 0 Å². The van der Waals surface area contributed by atoms with E-state index in [1.54, 1.807) is 24.1 Å². The van der Waals surface area contributed by atoms with Crippen LogP contribution in [0.1, 0.15) is 21.5 Å². The van der Waals surface area contributed by atoms with Gasteiger partial charge in [-0.2, -0.15) is 0 Å². The second-order valence-corrected chi connectivity index (χ2v) is 5.25. The Hall–Kier alpha value is -2.00. The number of hydrogen-bond donors (Lipinski definition) is 1. The fraction of sp³-hybridized carbons (Fsp3) is 0.188. The van der Waals surface area contributed by atoms with Crippen molar-refractivity contribution in [1.29, 1.82) is 0 Å². The van der Waals surface area contributed by atoms with Crippen LogP contribution in [0.4, 0.5) is 5.69 Å². The van der Waals surface area contributed by atoms with Crippen LogP contribution < -0.4 is 5.73 Å². The molecule has 0 aliphatic rings. The van der Waals surface area contributed by atoms with Gasteiger partial charge in [0, 0.05) is 19.3 Å². The van der Waals surface area contributed by atoms with E-state index in [2.05, 4.69) is 0 Å². The third kappa shape index (κ3) is 3.11. The maximum Gasteiger partial charge on any atom is 0.255 e. The topological polar surface area (TPSA) is 46.3 Å². The molecule has 20 heavy (non-hydrogen) atoms. The number of aryl methyl sites for hydroxylation is 1. The van der Waals surface area contributed by atoms with Crippen LogP contribution in [-0.4, -0.2) is 17.9 Å². The number of hydrogen-bond acceptors (Lipinski definition) is 2. The molecule has 2 N–H and O–H groups in total. The summed E-state index contributed by atoms with van der Waals surface area (Å²) >= 11 is 6.13. The summed E-state index contributed by atoms with van der Waals surface area (Å²) in [7, 11) is 1.74. The molecule has 104 valence electrons. The number of amides is 1. The van der Waals surface area contributed by atoms with Gasteiger partial charge in [0.1, 0.15) is 0 Å². The van der Waals surface area contributed by atoms with Crippen molar-refractivity contribution in [2.24, 2.45) is 0 Å². The Kier molecular flexibility index (Phi) is 4.30. The van der Waals surface area contributed by atoms with Crippen molar-refractivity contribution in [3.8, 4) is 0 Å². The summed E-state index contributed by atoms with van der Waals surface area (Å²) in [4.78, 5) is 14.0. The van der Waals surface area contributed by atoms with Crippen molar-refractivity contribution >= 4 is 23.2 Å². The summed E-state index contributed by atoms with van der Waals surface area (Å²) in [5.41, 5.74) is 9.04. The third-order valence-electron chi connectivity index (χ3n) is 3.16. The molecule has 2 rings (SSSR count). The largest absolute Gasteiger partial charge is 0.398 e. The normalized spacial score (nSPS) is 10.3. The zero-order valence-electron chi connectivity index (χ0n) is 11.6. The summed E-state index contributed by atoms with van der Waals surface area (Å²) in [6, 6.07) is 12.9. The van der Waals surface area contributed by atoms with Gasteiger partial charge in [0.2, 0.25) is 0 Å². The van der Waals surface area contributed by atoms with E-state index in [-0.39, 0.29) is 5.91 Å². The van der Waals surface area contributed by atoms with Crippen LogP contribution in [0.3, 0.4) is 0 Å². The average molecular weight is 289 g/mol. The average Bonchev–Trinajstić information content (AvgIpc) is 2.40. The van der Waals surface area contributed by atoms with Gasteiger partial charge in [0.15, 0.2) is 0 Å². The van der Waals surface area contributed by atoms with E-state index >= 15 is 0 Å². The molecule has 0 fully saturated rings. The molecule has 0 heterocycles. The molecule has 2 aromatic rings. The molecular formula is C16H17ClN2O. The van der Waals surface area contributed by atoms with E-state index in [9.17, 15) is 4.79 Å². The predicted molar refractivity (Wildman–Crippen MR) is 82.8 cm³/mol. The highest BCUT2D eigenvalue weighted by Crippen LogP contribution is 2.20. The van der Waals surface area contributed by atoms with Gasteiger partial charge in [-0.25, -0.2) is 0 Å². The number of rotatable bonds is 3. The summed E-state index contributed by atoms with van der Waals surface area (Å²) < 4.78 is 0. The van der Waals surface area contributed by atoms with Crippen molar-refractivity contribution in [1.82, 2.24) is 4.90 Å². The third-order valence-corrected chi connectivity index (χ3v) is 3.48. The molecule has 2 aromatic carbocycles. The standard InChI is InChI=1S/C16H17ClN2O/c1-11-7-8-13(14(17)9-11)16(20)19(2)10-12-5-3-4-6-15(12)18/h3-9H,10,18H2,1-2H3. The molecule has 0 saturated heterocycles. The number of benzene rings is 2. The Morgan fingerprint density at radius 3 is 2.60 bits per heavy atom. The molecule has 0 saturated carbocycles. The molecule has 0 radical (unpaired) electrons. The van der Waals surface area contributed by atoms with Gasteiger partial charge >= 0.3 is 0 Å². The maximum absolute atomic E-state index is 12.4. The molecule has 0 aliphatic heterocycles. The van der Waals surface area contributed by atoms with E-state index in [1.807, 2.05) is 37.3 Å². The van der Waals surface area contributed by atoms with E-state index in [4.69, 9.17) is 17.3 Å². The first-order chi connectivity index (χ1) is 9.49. The minimum atomic E-state index is -0.113. The Bertz CT molecular complexity index is 640. The van der Waals surface area contributed by atoms with E-state index in [1.165, 1.54) is 0 Å². The molecule has 0 atom stereocenters. The number of nitrogens with two attached hydrogens (primary N) is 1. The first-order valence-electron chi connectivity index (χ1n) is 6.34. The van der Waals surface area contributed by atoms with Crippen molar-refractivity contribution in [3.05, 3.63) is 64.2 Å². The van der Waals surface area contributed by atoms with Gasteiger partial charge in [-0.3, -0.25) is 4.79 Å². The number of carbonyl (C=O) groups is 1. The fourth-order valence-electron chi connectivity index (χ4n) is 2.00. The fourth-order valence-corrected chi connectivity index (χ4v) is 2.32.